The van der Waals surface area contributed by atoms with Gasteiger partial charge in [-0.15, -0.1) is 0 Å². The predicted molar refractivity (Wildman–Crippen MR) is 96.6 cm³/mol. The topological polar surface area (TPSA) is 86.1 Å². The van der Waals surface area contributed by atoms with Crippen LogP contribution in [0.4, 0.5) is 14.5 Å². The van der Waals surface area contributed by atoms with Crippen molar-refractivity contribution < 1.29 is 23.1 Å². The molecular weight excluding hydrogens is 417 g/mol. The SMILES string of the molecule is O=C(COC(=O)c1cc(F)c(F)cc1Cl)Nc1cc(Cl)ccc1-n1cncn1. The zero-order valence-electron chi connectivity index (χ0n) is 13.8. The molecule has 11 heteroatoms. The number of halogens is 4. The van der Waals surface area contributed by atoms with Gasteiger partial charge in [0.15, 0.2) is 18.2 Å². The second-order valence-electron chi connectivity index (χ2n) is 5.37. The van der Waals surface area contributed by atoms with E-state index in [1.807, 2.05) is 0 Å². The van der Waals surface area contributed by atoms with Crippen LogP contribution in [0.3, 0.4) is 0 Å². The van der Waals surface area contributed by atoms with E-state index in [4.69, 9.17) is 27.9 Å². The molecule has 3 rings (SSSR count). The van der Waals surface area contributed by atoms with Crippen LogP contribution in [-0.4, -0.2) is 33.2 Å². The fourth-order valence-electron chi connectivity index (χ4n) is 2.21. The molecular formula is C17H10Cl2F2N4O3. The van der Waals surface area contributed by atoms with Crippen molar-refractivity contribution in [1.82, 2.24) is 14.8 Å². The Balaban J connectivity index is 1.69. The van der Waals surface area contributed by atoms with E-state index < -0.39 is 35.7 Å². The van der Waals surface area contributed by atoms with E-state index in [1.54, 1.807) is 12.1 Å². The fraction of sp³-hybridized carbons (Fsp3) is 0.0588. The van der Waals surface area contributed by atoms with Crippen LogP contribution in [0.5, 0.6) is 0 Å². The molecule has 0 unspecified atom stereocenters. The molecule has 144 valence electrons. The first kappa shape index (κ1) is 19.7. The molecule has 0 fully saturated rings. The number of rotatable bonds is 5. The van der Waals surface area contributed by atoms with Crippen LogP contribution in [-0.2, 0) is 9.53 Å². The van der Waals surface area contributed by atoms with Gasteiger partial charge in [0.2, 0.25) is 0 Å². The average molecular weight is 427 g/mol. The van der Waals surface area contributed by atoms with Gasteiger partial charge >= 0.3 is 5.97 Å². The smallest absolute Gasteiger partial charge is 0.340 e. The number of aromatic nitrogens is 3. The number of benzene rings is 2. The number of carbonyl (C=O) groups is 2. The maximum absolute atomic E-state index is 13.3. The van der Waals surface area contributed by atoms with Crippen molar-refractivity contribution in [3.05, 3.63) is 70.2 Å². The molecule has 0 bridgehead atoms. The normalized spacial score (nSPS) is 10.6. The van der Waals surface area contributed by atoms with Crippen molar-refractivity contribution in [2.45, 2.75) is 0 Å². The van der Waals surface area contributed by atoms with E-state index in [-0.39, 0.29) is 5.02 Å². The largest absolute Gasteiger partial charge is 0.452 e. The maximum Gasteiger partial charge on any atom is 0.340 e. The summed E-state index contributed by atoms with van der Waals surface area (Å²) in [4.78, 5) is 27.9. The molecule has 7 nitrogen and oxygen atoms in total. The molecule has 0 spiro atoms. The number of nitrogens with zero attached hydrogens (tertiary/aromatic N) is 3. The first-order valence-corrected chi connectivity index (χ1v) is 8.37. The van der Waals surface area contributed by atoms with Crippen molar-refractivity contribution in [2.24, 2.45) is 0 Å². The summed E-state index contributed by atoms with van der Waals surface area (Å²) in [6, 6.07) is 5.92. The monoisotopic (exact) mass is 426 g/mol. The summed E-state index contributed by atoms with van der Waals surface area (Å²) in [5, 5.41) is 6.50. The Kier molecular flexibility index (Phi) is 5.86. The Labute approximate surface area is 166 Å². The number of hydrogen-bond donors (Lipinski definition) is 1. The predicted octanol–water partition coefficient (Wildman–Crippen LogP) is 3.65. The van der Waals surface area contributed by atoms with Crippen LogP contribution < -0.4 is 5.32 Å². The molecule has 0 saturated carbocycles. The number of hydrogen-bond acceptors (Lipinski definition) is 5. The summed E-state index contributed by atoms with van der Waals surface area (Å²) in [6.45, 7) is -0.697. The van der Waals surface area contributed by atoms with Crippen molar-refractivity contribution in [3.63, 3.8) is 0 Å². The maximum atomic E-state index is 13.3. The lowest BCUT2D eigenvalue weighted by Crippen LogP contribution is -2.22. The second-order valence-corrected chi connectivity index (χ2v) is 6.22. The molecule has 1 heterocycles. The number of carbonyl (C=O) groups excluding carboxylic acids is 2. The van der Waals surface area contributed by atoms with Crippen LogP contribution in [0.2, 0.25) is 10.0 Å². The molecule has 0 aliphatic heterocycles. The first-order chi connectivity index (χ1) is 13.3. The van der Waals surface area contributed by atoms with E-state index in [9.17, 15) is 18.4 Å². The van der Waals surface area contributed by atoms with E-state index >= 15 is 0 Å². The standard InChI is InChI=1S/C17H10Cl2F2N4O3/c18-9-1-2-15(25-8-22-7-23-25)14(3-9)24-16(26)6-28-17(27)10-4-12(20)13(21)5-11(10)19/h1-5,7-8H,6H2,(H,24,26). The summed E-state index contributed by atoms with van der Waals surface area (Å²) in [6.07, 6.45) is 2.73. The minimum Gasteiger partial charge on any atom is -0.452 e. The third-order valence-electron chi connectivity index (χ3n) is 3.46. The molecule has 0 aliphatic carbocycles. The Morgan fingerprint density at radius 1 is 1.14 bits per heavy atom. The minimum absolute atomic E-state index is 0.296. The lowest BCUT2D eigenvalue weighted by molar-refractivity contribution is -0.119. The summed E-state index contributed by atoms with van der Waals surface area (Å²) in [5.74, 6) is -4.25. The summed E-state index contributed by atoms with van der Waals surface area (Å²) < 4.78 is 32.6. The summed E-state index contributed by atoms with van der Waals surface area (Å²) in [7, 11) is 0. The van der Waals surface area contributed by atoms with E-state index in [1.165, 1.54) is 23.4 Å². The van der Waals surface area contributed by atoms with E-state index in [2.05, 4.69) is 15.4 Å². The van der Waals surface area contributed by atoms with Gasteiger partial charge in [-0.1, -0.05) is 23.2 Å². The highest BCUT2D eigenvalue weighted by Crippen LogP contribution is 2.24. The molecule has 28 heavy (non-hydrogen) atoms. The molecule has 0 atom stereocenters. The third-order valence-corrected chi connectivity index (χ3v) is 4.01. The van der Waals surface area contributed by atoms with Crippen LogP contribution >= 0.6 is 23.2 Å². The van der Waals surface area contributed by atoms with Crippen LogP contribution in [0.15, 0.2) is 43.0 Å². The van der Waals surface area contributed by atoms with Gasteiger partial charge in [-0.25, -0.2) is 23.2 Å². The molecule has 0 aliphatic rings. The third kappa shape index (κ3) is 4.44. The molecule has 1 N–H and O–H groups in total. The van der Waals surface area contributed by atoms with Gasteiger partial charge in [-0.2, -0.15) is 5.10 Å². The second kappa shape index (κ2) is 8.32. The van der Waals surface area contributed by atoms with Gasteiger partial charge in [0.1, 0.15) is 12.7 Å². The van der Waals surface area contributed by atoms with Gasteiger partial charge in [0.05, 0.1) is 22.0 Å². The number of amides is 1. The highest BCUT2D eigenvalue weighted by molar-refractivity contribution is 6.33. The lowest BCUT2D eigenvalue weighted by Gasteiger charge is -2.12. The Morgan fingerprint density at radius 2 is 1.89 bits per heavy atom. The molecule has 0 radical (unpaired) electrons. The number of ether oxygens (including phenoxy) is 1. The summed E-state index contributed by atoms with van der Waals surface area (Å²) >= 11 is 11.6. The minimum atomic E-state index is -1.27. The molecule has 2 aromatic carbocycles. The summed E-state index contributed by atoms with van der Waals surface area (Å²) in [5.41, 5.74) is 0.370. The van der Waals surface area contributed by atoms with Crippen LogP contribution in [0.25, 0.3) is 5.69 Å². The number of anilines is 1. The van der Waals surface area contributed by atoms with Crippen molar-refractivity contribution in [2.75, 3.05) is 11.9 Å². The van der Waals surface area contributed by atoms with Crippen LogP contribution in [0, 0.1) is 11.6 Å². The van der Waals surface area contributed by atoms with Gasteiger partial charge in [-0.3, -0.25) is 4.79 Å². The fourth-order valence-corrected chi connectivity index (χ4v) is 2.61. The average Bonchev–Trinajstić information content (AvgIpc) is 3.17. The number of esters is 1. The highest BCUT2D eigenvalue weighted by Gasteiger charge is 2.18. The van der Waals surface area contributed by atoms with Crippen molar-refractivity contribution >= 4 is 40.8 Å². The first-order valence-electron chi connectivity index (χ1n) is 7.61. The quantitative estimate of drug-likeness (QED) is 0.497. The van der Waals surface area contributed by atoms with Crippen molar-refractivity contribution in [1.29, 1.82) is 0 Å². The lowest BCUT2D eigenvalue weighted by atomic mass is 10.2. The van der Waals surface area contributed by atoms with Gasteiger partial charge < -0.3 is 10.1 Å². The Bertz CT molecular complexity index is 1050. The van der Waals surface area contributed by atoms with E-state index in [0.29, 0.717) is 28.5 Å². The molecule has 0 saturated heterocycles. The van der Waals surface area contributed by atoms with Crippen LogP contribution in [0.1, 0.15) is 10.4 Å². The number of nitrogens with one attached hydrogen (secondary N) is 1. The zero-order valence-corrected chi connectivity index (χ0v) is 15.3. The molecule has 3 aromatic rings. The van der Waals surface area contributed by atoms with Gasteiger partial charge in [0.25, 0.3) is 5.91 Å². The zero-order chi connectivity index (χ0) is 20.3. The van der Waals surface area contributed by atoms with Gasteiger partial charge in [-0.05, 0) is 30.3 Å². The molecule has 1 aromatic heterocycles. The van der Waals surface area contributed by atoms with Gasteiger partial charge in [0, 0.05) is 5.02 Å². The Hall–Kier alpha value is -3.04. The van der Waals surface area contributed by atoms with E-state index in [0.717, 1.165) is 0 Å². The highest BCUT2D eigenvalue weighted by atomic mass is 35.5. The Morgan fingerprint density at radius 3 is 2.61 bits per heavy atom. The molecule has 1 amide bonds. The van der Waals surface area contributed by atoms with Crippen molar-refractivity contribution in [3.8, 4) is 5.69 Å².